The van der Waals surface area contributed by atoms with E-state index in [2.05, 4.69) is 20.8 Å². The van der Waals surface area contributed by atoms with Crippen LogP contribution in [0.5, 0.6) is 0 Å². The Balaban J connectivity index is 2.71. The van der Waals surface area contributed by atoms with E-state index in [1.165, 1.54) is 0 Å². The first-order chi connectivity index (χ1) is 5.96. The molecule has 1 rings (SSSR count). The van der Waals surface area contributed by atoms with Crippen molar-refractivity contribution < 1.29 is 9.90 Å². The molecule has 0 aliphatic heterocycles. The predicted molar refractivity (Wildman–Crippen MR) is 52.5 cm³/mol. The van der Waals surface area contributed by atoms with Gasteiger partial charge in [-0.3, -0.25) is 4.79 Å². The second kappa shape index (κ2) is 3.69. The Morgan fingerprint density at radius 1 is 1.62 bits per heavy atom. The average molecular weight is 184 g/mol. The van der Waals surface area contributed by atoms with E-state index in [-0.39, 0.29) is 0 Å². The molecule has 0 aromatic heterocycles. The molecule has 1 aliphatic rings. The molecule has 2 heteroatoms. The molecule has 0 saturated heterocycles. The first-order valence-electron chi connectivity index (χ1n) is 5.20. The number of rotatable bonds is 3. The Kier molecular flexibility index (Phi) is 2.99. The van der Waals surface area contributed by atoms with Gasteiger partial charge in [0.05, 0.1) is 5.41 Å². The van der Waals surface area contributed by atoms with Crippen molar-refractivity contribution >= 4 is 5.97 Å². The fourth-order valence-electron chi connectivity index (χ4n) is 2.64. The smallest absolute Gasteiger partial charge is 0.309 e. The molecular weight excluding hydrogens is 164 g/mol. The highest BCUT2D eigenvalue weighted by atomic mass is 16.4. The highest BCUT2D eigenvalue weighted by Crippen LogP contribution is 2.46. The van der Waals surface area contributed by atoms with Crippen molar-refractivity contribution in [3.05, 3.63) is 0 Å². The molecule has 1 aliphatic carbocycles. The van der Waals surface area contributed by atoms with Gasteiger partial charge in [0, 0.05) is 0 Å². The van der Waals surface area contributed by atoms with E-state index in [1.807, 2.05) is 0 Å². The fourth-order valence-corrected chi connectivity index (χ4v) is 2.64. The normalized spacial score (nSPS) is 34.0. The minimum Gasteiger partial charge on any atom is -0.481 e. The standard InChI is InChI=1S/C11H20O2/c1-8(2)6-11(10(12)13)5-4-9(3)7-11/h8-9H,4-7H2,1-3H3,(H,12,13). The zero-order chi connectivity index (χ0) is 10.1. The van der Waals surface area contributed by atoms with Gasteiger partial charge in [-0.2, -0.15) is 0 Å². The monoisotopic (exact) mass is 184 g/mol. The third kappa shape index (κ3) is 2.23. The molecule has 1 fully saturated rings. The summed E-state index contributed by atoms with van der Waals surface area (Å²) in [5, 5.41) is 9.23. The van der Waals surface area contributed by atoms with Gasteiger partial charge >= 0.3 is 5.97 Å². The van der Waals surface area contributed by atoms with Crippen molar-refractivity contribution in [3.63, 3.8) is 0 Å². The van der Waals surface area contributed by atoms with Crippen LogP contribution in [0.3, 0.4) is 0 Å². The Labute approximate surface area is 80.3 Å². The van der Waals surface area contributed by atoms with Crippen LogP contribution in [0, 0.1) is 17.3 Å². The predicted octanol–water partition coefficient (Wildman–Crippen LogP) is 2.92. The van der Waals surface area contributed by atoms with Crippen molar-refractivity contribution in [1.29, 1.82) is 0 Å². The highest BCUT2D eigenvalue weighted by Gasteiger charge is 2.44. The number of aliphatic carboxylic acids is 1. The third-order valence-corrected chi connectivity index (χ3v) is 3.11. The molecule has 2 atom stereocenters. The minimum absolute atomic E-state index is 0.395. The van der Waals surface area contributed by atoms with Gasteiger partial charge in [-0.25, -0.2) is 0 Å². The number of carboxylic acids is 1. The molecule has 13 heavy (non-hydrogen) atoms. The summed E-state index contributed by atoms with van der Waals surface area (Å²) < 4.78 is 0. The van der Waals surface area contributed by atoms with Gasteiger partial charge in [-0.15, -0.1) is 0 Å². The fraction of sp³-hybridized carbons (Fsp3) is 0.909. The topological polar surface area (TPSA) is 37.3 Å². The molecule has 0 radical (unpaired) electrons. The summed E-state index contributed by atoms with van der Waals surface area (Å²) in [5.74, 6) is 0.502. The van der Waals surface area contributed by atoms with Gasteiger partial charge in [0.2, 0.25) is 0 Å². The lowest BCUT2D eigenvalue weighted by molar-refractivity contribution is -0.149. The highest BCUT2D eigenvalue weighted by molar-refractivity contribution is 5.75. The molecule has 2 nitrogen and oxygen atoms in total. The van der Waals surface area contributed by atoms with Crippen LogP contribution in [0.15, 0.2) is 0 Å². The van der Waals surface area contributed by atoms with Crippen LogP contribution in [0.1, 0.15) is 46.5 Å². The second-order valence-corrected chi connectivity index (χ2v) is 5.03. The van der Waals surface area contributed by atoms with E-state index in [1.54, 1.807) is 0 Å². The van der Waals surface area contributed by atoms with Crippen LogP contribution in [0.4, 0.5) is 0 Å². The van der Waals surface area contributed by atoms with Crippen LogP contribution in [-0.4, -0.2) is 11.1 Å². The summed E-state index contributed by atoms with van der Waals surface area (Å²) in [6.07, 6.45) is 3.67. The zero-order valence-electron chi connectivity index (χ0n) is 8.84. The molecule has 0 spiro atoms. The molecule has 0 heterocycles. The first kappa shape index (κ1) is 10.6. The van der Waals surface area contributed by atoms with Crippen molar-refractivity contribution in [2.75, 3.05) is 0 Å². The van der Waals surface area contributed by atoms with E-state index in [0.29, 0.717) is 11.8 Å². The molecule has 0 aromatic carbocycles. The van der Waals surface area contributed by atoms with Crippen molar-refractivity contribution in [1.82, 2.24) is 0 Å². The Hall–Kier alpha value is -0.530. The number of carbonyl (C=O) groups is 1. The molecule has 0 amide bonds. The maximum atomic E-state index is 11.2. The summed E-state index contributed by atoms with van der Waals surface area (Å²) in [4.78, 5) is 11.2. The van der Waals surface area contributed by atoms with Gasteiger partial charge in [0.1, 0.15) is 0 Å². The molecule has 1 N–H and O–H groups in total. The van der Waals surface area contributed by atoms with Gasteiger partial charge in [-0.05, 0) is 37.5 Å². The lowest BCUT2D eigenvalue weighted by Gasteiger charge is -2.26. The van der Waals surface area contributed by atoms with Gasteiger partial charge < -0.3 is 5.11 Å². The maximum Gasteiger partial charge on any atom is 0.309 e. The SMILES string of the molecule is CC(C)CC1(C(=O)O)CCC(C)C1. The lowest BCUT2D eigenvalue weighted by atomic mass is 9.78. The van der Waals surface area contributed by atoms with Gasteiger partial charge in [-0.1, -0.05) is 20.8 Å². The van der Waals surface area contributed by atoms with E-state index >= 15 is 0 Å². The van der Waals surface area contributed by atoms with Crippen LogP contribution in [0.25, 0.3) is 0 Å². The molecule has 76 valence electrons. The van der Waals surface area contributed by atoms with Crippen LogP contribution in [-0.2, 0) is 4.79 Å². The molecular formula is C11H20O2. The first-order valence-corrected chi connectivity index (χ1v) is 5.20. The largest absolute Gasteiger partial charge is 0.481 e. The van der Waals surface area contributed by atoms with E-state index in [9.17, 15) is 9.90 Å². The second-order valence-electron chi connectivity index (χ2n) is 5.03. The lowest BCUT2D eigenvalue weighted by Crippen LogP contribution is -2.29. The summed E-state index contributed by atoms with van der Waals surface area (Å²) in [5.41, 5.74) is -0.395. The average Bonchev–Trinajstić information content (AvgIpc) is 2.31. The number of hydrogen-bond donors (Lipinski definition) is 1. The van der Waals surface area contributed by atoms with Crippen molar-refractivity contribution in [3.8, 4) is 0 Å². The zero-order valence-corrected chi connectivity index (χ0v) is 8.84. The summed E-state index contributed by atoms with van der Waals surface area (Å²) >= 11 is 0. The molecule has 1 saturated carbocycles. The van der Waals surface area contributed by atoms with Crippen molar-refractivity contribution in [2.24, 2.45) is 17.3 Å². The van der Waals surface area contributed by atoms with Gasteiger partial charge in [0.25, 0.3) is 0 Å². The summed E-state index contributed by atoms with van der Waals surface area (Å²) in [7, 11) is 0. The van der Waals surface area contributed by atoms with Crippen molar-refractivity contribution in [2.45, 2.75) is 46.5 Å². The third-order valence-electron chi connectivity index (χ3n) is 3.11. The van der Waals surface area contributed by atoms with Crippen LogP contribution >= 0.6 is 0 Å². The molecule has 0 aromatic rings. The minimum atomic E-state index is -0.578. The van der Waals surface area contributed by atoms with E-state index < -0.39 is 11.4 Å². The van der Waals surface area contributed by atoms with Crippen LogP contribution < -0.4 is 0 Å². The van der Waals surface area contributed by atoms with E-state index in [4.69, 9.17) is 0 Å². The molecule has 0 bridgehead atoms. The Morgan fingerprint density at radius 2 is 2.23 bits per heavy atom. The summed E-state index contributed by atoms with van der Waals surface area (Å²) in [6, 6.07) is 0. The summed E-state index contributed by atoms with van der Waals surface area (Å²) in [6.45, 7) is 6.37. The number of hydrogen-bond acceptors (Lipinski definition) is 1. The Morgan fingerprint density at radius 3 is 2.54 bits per heavy atom. The Bertz CT molecular complexity index is 198. The quantitative estimate of drug-likeness (QED) is 0.732. The van der Waals surface area contributed by atoms with Crippen LogP contribution in [0.2, 0.25) is 0 Å². The molecule has 2 unspecified atom stereocenters. The van der Waals surface area contributed by atoms with Gasteiger partial charge in [0.15, 0.2) is 0 Å². The number of carboxylic acid groups (broad SMARTS) is 1. The van der Waals surface area contributed by atoms with E-state index in [0.717, 1.165) is 25.7 Å². The maximum absolute atomic E-state index is 11.2.